The van der Waals surface area contributed by atoms with E-state index in [0.29, 0.717) is 19.5 Å². The fourth-order valence-corrected chi connectivity index (χ4v) is 5.98. The Bertz CT molecular complexity index is 1240. The van der Waals surface area contributed by atoms with Crippen molar-refractivity contribution in [1.29, 1.82) is 0 Å². The van der Waals surface area contributed by atoms with Gasteiger partial charge < -0.3 is 10.6 Å². The molecule has 2 amide bonds. The number of hydrogen-bond acceptors (Lipinski definition) is 3. The average molecular weight is 627 g/mol. The topological polar surface area (TPSA) is 61.4 Å². The van der Waals surface area contributed by atoms with Crippen LogP contribution in [-0.4, -0.2) is 42.9 Å². The Morgan fingerprint density at radius 3 is 1.98 bits per heavy atom. The van der Waals surface area contributed by atoms with Gasteiger partial charge in [0.15, 0.2) is 0 Å². The molecular weight excluding hydrogens is 588 g/mol. The lowest BCUT2D eigenvalue weighted by atomic mass is 9.70. The molecule has 1 saturated carbocycles. The van der Waals surface area contributed by atoms with E-state index in [0.717, 1.165) is 47.1 Å². The summed E-state index contributed by atoms with van der Waals surface area (Å²) in [5, 5.41) is 6.31. The normalized spacial score (nSPS) is 18.9. The molecule has 3 atom stereocenters. The summed E-state index contributed by atoms with van der Waals surface area (Å²) >= 11 is 3.51. The minimum atomic E-state index is -0.550. The molecule has 218 valence electrons. The van der Waals surface area contributed by atoms with Crippen molar-refractivity contribution in [3.63, 3.8) is 0 Å². The van der Waals surface area contributed by atoms with Crippen molar-refractivity contribution in [3.05, 3.63) is 106 Å². The molecule has 5 nitrogen and oxygen atoms in total. The van der Waals surface area contributed by atoms with E-state index in [-0.39, 0.29) is 41.2 Å². The van der Waals surface area contributed by atoms with Crippen LogP contribution in [0.1, 0.15) is 61.8 Å². The van der Waals surface area contributed by atoms with Crippen molar-refractivity contribution >= 4 is 27.7 Å². The van der Waals surface area contributed by atoms with Gasteiger partial charge in [0.25, 0.3) is 0 Å². The van der Waals surface area contributed by atoms with E-state index < -0.39 is 6.04 Å². The quantitative estimate of drug-likeness (QED) is 0.253. The van der Waals surface area contributed by atoms with Crippen molar-refractivity contribution in [1.82, 2.24) is 15.5 Å². The second-order valence-corrected chi connectivity index (χ2v) is 11.7. The highest BCUT2D eigenvalue weighted by atomic mass is 79.9. The molecule has 8 heteroatoms. The van der Waals surface area contributed by atoms with Gasteiger partial charge in [0.05, 0.1) is 12.6 Å². The maximum atomic E-state index is 14.0. The zero-order chi connectivity index (χ0) is 29.4. The highest BCUT2D eigenvalue weighted by Crippen LogP contribution is 2.41. The van der Waals surface area contributed by atoms with E-state index in [1.165, 1.54) is 24.3 Å². The van der Waals surface area contributed by atoms with Gasteiger partial charge in [-0.3, -0.25) is 14.5 Å². The molecule has 0 unspecified atom stereocenters. The SMILES string of the molecule is CCN(CC)CC(=O)NC[C@@H]1CC[C@@H](C(=O)NC(c2ccc(F)cc2)c2ccc(F)cc2)[C@H](c2ccc(Br)cc2)C1. The smallest absolute Gasteiger partial charge is 0.234 e. The molecule has 1 fully saturated rings. The number of rotatable bonds is 11. The molecule has 3 aromatic rings. The number of likely N-dealkylation sites (N-methyl/N-ethyl adjacent to an activating group) is 1. The Morgan fingerprint density at radius 1 is 0.878 bits per heavy atom. The fourth-order valence-electron chi connectivity index (χ4n) is 5.72. The molecule has 0 spiro atoms. The number of nitrogens with zero attached hydrogens (tertiary/aromatic N) is 1. The summed E-state index contributed by atoms with van der Waals surface area (Å²) in [6, 6.07) is 19.6. The predicted molar refractivity (Wildman–Crippen MR) is 161 cm³/mol. The van der Waals surface area contributed by atoms with Crippen molar-refractivity contribution in [2.75, 3.05) is 26.2 Å². The summed E-state index contributed by atoms with van der Waals surface area (Å²) in [5.41, 5.74) is 2.51. The van der Waals surface area contributed by atoms with Gasteiger partial charge in [0.1, 0.15) is 11.6 Å². The molecule has 0 saturated heterocycles. The molecular formula is C33H38BrF2N3O2. The summed E-state index contributed by atoms with van der Waals surface area (Å²) in [7, 11) is 0. The molecule has 0 heterocycles. The molecule has 4 rings (SSSR count). The first kappa shape index (κ1) is 30.8. The van der Waals surface area contributed by atoms with Crippen molar-refractivity contribution in [3.8, 4) is 0 Å². The Balaban J connectivity index is 1.53. The Hall–Kier alpha value is -3.10. The van der Waals surface area contributed by atoms with Crippen LogP contribution in [0.5, 0.6) is 0 Å². The number of nitrogens with one attached hydrogen (secondary N) is 2. The van der Waals surface area contributed by atoms with Crippen LogP contribution in [0.15, 0.2) is 77.3 Å². The summed E-state index contributed by atoms with van der Waals surface area (Å²) in [6.45, 7) is 6.70. The minimum Gasteiger partial charge on any atom is -0.355 e. The average Bonchev–Trinajstić information content (AvgIpc) is 2.99. The van der Waals surface area contributed by atoms with Gasteiger partial charge in [-0.1, -0.05) is 66.2 Å². The lowest BCUT2D eigenvalue weighted by Gasteiger charge is -2.37. The third kappa shape index (κ3) is 8.46. The second kappa shape index (κ2) is 14.7. The minimum absolute atomic E-state index is 0.0233. The summed E-state index contributed by atoms with van der Waals surface area (Å²) in [5.74, 6) is -0.883. The van der Waals surface area contributed by atoms with Crippen LogP contribution in [0.4, 0.5) is 8.78 Å². The molecule has 1 aliphatic rings. The Kier molecular flexibility index (Phi) is 11.1. The van der Waals surface area contributed by atoms with Gasteiger partial charge in [0, 0.05) is 16.9 Å². The maximum Gasteiger partial charge on any atom is 0.234 e. The fraction of sp³-hybridized carbons (Fsp3) is 0.394. The highest BCUT2D eigenvalue weighted by Gasteiger charge is 2.37. The Labute approximate surface area is 249 Å². The van der Waals surface area contributed by atoms with Crippen LogP contribution in [0, 0.1) is 23.5 Å². The van der Waals surface area contributed by atoms with Gasteiger partial charge in [-0.25, -0.2) is 8.78 Å². The molecule has 2 N–H and O–H groups in total. The van der Waals surface area contributed by atoms with Crippen LogP contribution in [-0.2, 0) is 9.59 Å². The van der Waals surface area contributed by atoms with Crippen LogP contribution < -0.4 is 10.6 Å². The largest absolute Gasteiger partial charge is 0.355 e. The van der Waals surface area contributed by atoms with E-state index in [9.17, 15) is 18.4 Å². The number of carbonyl (C=O) groups is 2. The summed E-state index contributed by atoms with van der Waals surface area (Å²) < 4.78 is 28.4. The van der Waals surface area contributed by atoms with Crippen LogP contribution in [0.2, 0.25) is 0 Å². The van der Waals surface area contributed by atoms with Gasteiger partial charge >= 0.3 is 0 Å². The second-order valence-electron chi connectivity index (χ2n) is 10.8. The molecule has 0 bridgehead atoms. The number of amides is 2. The molecule has 3 aromatic carbocycles. The number of benzene rings is 3. The number of hydrogen-bond donors (Lipinski definition) is 2. The van der Waals surface area contributed by atoms with Crippen molar-refractivity contribution in [2.45, 2.75) is 45.1 Å². The van der Waals surface area contributed by atoms with E-state index in [2.05, 4.69) is 31.5 Å². The highest BCUT2D eigenvalue weighted by molar-refractivity contribution is 9.10. The first-order valence-electron chi connectivity index (χ1n) is 14.3. The molecule has 1 aliphatic carbocycles. The van der Waals surface area contributed by atoms with E-state index in [1.54, 1.807) is 24.3 Å². The number of carbonyl (C=O) groups excluding carboxylic acids is 2. The van der Waals surface area contributed by atoms with Crippen LogP contribution in [0.3, 0.4) is 0 Å². The van der Waals surface area contributed by atoms with E-state index in [4.69, 9.17) is 0 Å². The lowest BCUT2D eigenvalue weighted by Crippen LogP contribution is -2.42. The third-order valence-corrected chi connectivity index (χ3v) is 8.67. The van der Waals surface area contributed by atoms with Gasteiger partial charge in [-0.2, -0.15) is 0 Å². The first-order valence-corrected chi connectivity index (χ1v) is 15.1. The standard InChI is InChI=1S/C33H38BrF2N3O2/c1-3-39(4-2)21-31(40)37-20-22-5-18-29(30(19-22)23-6-12-26(34)13-7-23)33(41)38-32(24-8-14-27(35)15-9-24)25-10-16-28(36)17-11-25/h6-17,22,29-30,32H,3-5,18-21H2,1-2H3,(H,37,40)(H,38,41)/t22-,29-,30+/m1/s1. The zero-order valence-electron chi connectivity index (χ0n) is 23.6. The van der Waals surface area contributed by atoms with Gasteiger partial charge in [-0.15, -0.1) is 0 Å². The molecule has 0 aliphatic heterocycles. The third-order valence-electron chi connectivity index (χ3n) is 8.14. The van der Waals surface area contributed by atoms with Crippen LogP contribution in [0.25, 0.3) is 0 Å². The predicted octanol–water partition coefficient (Wildman–Crippen LogP) is 6.59. The summed E-state index contributed by atoms with van der Waals surface area (Å²) in [4.78, 5) is 28.6. The zero-order valence-corrected chi connectivity index (χ0v) is 25.2. The Morgan fingerprint density at radius 2 is 1.44 bits per heavy atom. The van der Waals surface area contributed by atoms with E-state index >= 15 is 0 Å². The molecule has 41 heavy (non-hydrogen) atoms. The van der Waals surface area contributed by atoms with Gasteiger partial charge in [0.2, 0.25) is 11.8 Å². The van der Waals surface area contributed by atoms with Crippen molar-refractivity contribution in [2.24, 2.45) is 11.8 Å². The first-order chi connectivity index (χ1) is 19.8. The molecule has 0 aromatic heterocycles. The maximum absolute atomic E-state index is 14.0. The number of halogens is 3. The van der Waals surface area contributed by atoms with Gasteiger partial charge in [-0.05, 0) is 97.3 Å². The summed E-state index contributed by atoms with van der Waals surface area (Å²) in [6.07, 6.45) is 2.25. The monoisotopic (exact) mass is 625 g/mol. The lowest BCUT2D eigenvalue weighted by molar-refractivity contribution is -0.128. The van der Waals surface area contributed by atoms with E-state index in [1.807, 2.05) is 38.1 Å². The van der Waals surface area contributed by atoms with Crippen molar-refractivity contribution < 1.29 is 18.4 Å². The van der Waals surface area contributed by atoms with Crippen LogP contribution >= 0.6 is 15.9 Å². The molecule has 0 radical (unpaired) electrons.